The molecule has 0 atom stereocenters. The number of benzene rings is 1. The molecule has 8 heteroatoms. The molecule has 0 saturated carbocycles. The normalized spacial score (nSPS) is 16.5. The quantitative estimate of drug-likeness (QED) is 0.554. The fraction of sp³-hybridized carbons (Fsp3) is 0.214. The van der Waals surface area contributed by atoms with E-state index in [1.54, 1.807) is 19.3 Å². The molecule has 1 fully saturated rings. The van der Waals surface area contributed by atoms with Gasteiger partial charge in [-0.15, -0.1) is 0 Å². The van der Waals surface area contributed by atoms with Crippen LogP contribution in [0.4, 0.5) is 0 Å². The molecule has 0 bridgehead atoms. The van der Waals surface area contributed by atoms with Crippen LogP contribution < -0.4 is 9.84 Å². The van der Waals surface area contributed by atoms with E-state index in [1.807, 2.05) is 12.1 Å². The van der Waals surface area contributed by atoms with E-state index in [0.717, 1.165) is 21.8 Å². The topological polar surface area (TPSA) is 69.7 Å². The lowest BCUT2D eigenvalue weighted by molar-refractivity contribution is -0.305. The smallest absolute Gasteiger partial charge is 0.266 e. The van der Waals surface area contributed by atoms with Crippen LogP contribution in [0.25, 0.3) is 6.08 Å². The van der Waals surface area contributed by atoms with E-state index in [0.29, 0.717) is 15.0 Å². The van der Waals surface area contributed by atoms with Crippen LogP contribution >= 0.6 is 39.9 Å². The maximum absolute atomic E-state index is 12.2. The van der Waals surface area contributed by atoms with Gasteiger partial charge in [0.15, 0.2) is 0 Å². The Labute approximate surface area is 145 Å². The van der Waals surface area contributed by atoms with Crippen LogP contribution in [0.15, 0.2) is 27.6 Å². The summed E-state index contributed by atoms with van der Waals surface area (Å²) in [6, 6.07) is 5.43. The fourth-order valence-corrected chi connectivity index (χ4v) is 3.69. The first kappa shape index (κ1) is 17.0. The molecule has 1 saturated heterocycles. The number of hydrogen-bond donors (Lipinski definition) is 0. The van der Waals surface area contributed by atoms with Crippen molar-refractivity contribution < 1.29 is 19.4 Å². The van der Waals surface area contributed by atoms with E-state index in [-0.39, 0.29) is 18.9 Å². The molecule has 116 valence electrons. The van der Waals surface area contributed by atoms with Crippen molar-refractivity contribution in [2.45, 2.75) is 6.42 Å². The summed E-state index contributed by atoms with van der Waals surface area (Å²) in [5.74, 6) is -0.807. The van der Waals surface area contributed by atoms with Gasteiger partial charge in [-0.2, -0.15) is 0 Å². The number of methoxy groups -OCH3 is 1. The molecule has 2 rings (SSSR count). The Hall–Kier alpha value is -1.38. The van der Waals surface area contributed by atoms with E-state index < -0.39 is 5.97 Å². The number of halogens is 1. The average Bonchev–Trinajstić information content (AvgIpc) is 2.71. The van der Waals surface area contributed by atoms with Crippen LogP contribution in [0.1, 0.15) is 12.0 Å². The van der Waals surface area contributed by atoms with Gasteiger partial charge in [-0.1, -0.05) is 30.0 Å². The third-order valence-electron chi connectivity index (χ3n) is 2.89. The maximum atomic E-state index is 12.2. The van der Waals surface area contributed by atoms with E-state index in [1.165, 1.54) is 4.90 Å². The molecule has 1 aliphatic heterocycles. The van der Waals surface area contributed by atoms with Gasteiger partial charge in [-0.05, 0) is 39.7 Å². The highest BCUT2D eigenvalue weighted by molar-refractivity contribution is 9.10. The number of carbonyl (C=O) groups is 2. The lowest BCUT2D eigenvalue weighted by Gasteiger charge is -2.14. The molecular formula is C14H11BrNO4S2-. The Bertz CT molecular complexity index is 675. The summed E-state index contributed by atoms with van der Waals surface area (Å²) in [5, 5.41) is 10.5. The van der Waals surface area contributed by atoms with E-state index in [4.69, 9.17) is 17.0 Å². The Kier molecular flexibility index (Phi) is 5.60. The number of thiocarbonyl (C=S) groups is 1. The van der Waals surface area contributed by atoms with Crippen LogP contribution in [-0.2, 0) is 9.59 Å². The number of nitrogens with zero attached hydrogens (tertiary/aromatic N) is 1. The largest absolute Gasteiger partial charge is 0.550 e. The molecule has 0 unspecified atom stereocenters. The number of hydrogen-bond acceptors (Lipinski definition) is 6. The first-order chi connectivity index (χ1) is 10.4. The van der Waals surface area contributed by atoms with Gasteiger partial charge >= 0.3 is 0 Å². The van der Waals surface area contributed by atoms with Crippen molar-refractivity contribution in [3.8, 4) is 5.75 Å². The monoisotopic (exact) mass is 400 g/mol. The highest BCUT2D eigenvalue weighted by Crippen LogP contribution is 2.34. The number of thioether (sulfide) groups is 1. The van der Waals surface area contributed by atoms with Crippen molar-refractivity contribution in [3.63, 3.8) is 0 Å². The molecular weight excluding hydrogens is 390 g/mol. The van der Waals surface area contributed by atoms with Crippen molar-refractivity contribution in [2.75, 3.05) is 13.7 Å². The fourth-order valence-electron chi connectivity index (χ4n) is 1.82. The highest BCUT2D eigenvalue weighted by atomic mass is 79.9. The van der Waals surface area contributed by atoms with Gasteiger partial charge in [0.25, 0.3) is 5.91 Å². The maximum Gasteiger partial charge on any atom is 0.266 e. The lowest BCUT2D eigenvalue weighted by atomic mass is 10.2. The first-order valence-electron chi connectivity index (χ1n) is 6.21. The van der Waals surface area contributed by atoms with Gasteiger partial charge in [0.1, 0.15) is 10.1 Å². The highest BCUT2D eigenvalue weighted by Gasteiger charge is 2.31. The molecule has 0 aromatic heterocycles. The number of ether oxygens (including phenoxy) is 1. The third-order valence-corrected chi connectivity index (χ3v) is 4.88. The van der Waals surface area contributed by atoms with Gasteiger partial charge in [-0.25, -0.2) is 0 Å². The van der Waals surface area contributed by atoms with Crippen LogP contribution in [-0.4, -0.2) is 34.8 Å². The SMILES string of the molecule is COc1ccc(/C=C2/SC(=S)N(CCC(=O)[O-])C2=O)cc1Br. The number of carboxylic acids is 1. The van der Waals surface area contributed by atoms with E-state index in [9.17, 15) is 14.7 Å². The Morgan fingerprint density at radius 3 is 2.86 bits per heavy atom. The van der Waals surface area contributed by atoms with Crippen molar-refractivity contribution >= 4 is 62.2 Å². The molecule has 5 nitrogen and oxygen atoms in total. The van der Waals surface area contributed by atoms with E-state index >= 15 is 0 Å². The number of amides is 1. The molecule has 1 heterocycles. The average molecular weight is 401 g/mol. The zero-order valence-electron chi connectivity index (χ0n) is 11.5. The second kappa shape index (κ2) is 7.26. The molecule has 1 aromatic carbocycles. The van der Waals surface area contributed by atoms with E-state index in [2.05, 4.69) is 15.9 Å². The molecule has 0 spiro atoms. The summed E-state index contributed by atoms with van der Waals surface area (Å²) in [6.07, 6.45) is 1.47. The van der Waals surface area contributed by atoms with Crippen molar-refractivity contribution in [2.24, 2.45) is 0 Å². The summed E-state index contributed by atoms with van der Waals surface area (Å²) < 4.78 is 6.28. The van der Waals surface area contributed by atoms with Crippen molar-refractivity contribution in [1.82, 2.24) is 4.90 Å². The summed E-state index contributed by atoms with van der Waals surface area (Å²) >= 11 is 9.65. The van der Waals surface area contributed by atoms with Gasteiger partial charge < -0.3 is 14.6 Å². The second-order valence-corrected chi connectivity index (χ2v) is 6.88. The van der Waals surface area contributed by atoms with Gasteiger partial charge in [0.05, 0.1) is 16.5 Å². The minimum absolute atomic E-state index is 0.0245. The van der Waals surface area contributed by atoms with Crippen LogP contribution in [0.3, 0.4) is 0 Å². The van der Waals surface area contributed by atoms with Crippen LogP contribution in [0, 0.1) is 0 Å². The van der Waals surface area contributed by atoms with Gasteiger partial charge in [0, 0.05) is 18.9 Å². The number of carbonyl (C=O) groups excluding carboxylic acids is 2. The minimum atomic E-state index is -1.21. The molecule has 1 aliphatic rings. The minimum Gasteiger partial charge on any atom is -0.550 e. The molecule has 22 heavy (non-hydrogen) atoms. The third kappa shape index (κ3) is 3.88. The Morgan fingerprint density at radius 2 is 2.27 bits per heavy atom. The molecule has 0 radical (unpaired) electrons. The summed E-state index contributed by atoms with van der Waals surface area (Å²) in [5.41, 5.74) is 0.813. The molecule has 0 N–H and O–H groups in total. The second-order valence-electron chi connectivity index (χ2n) is 4.35. The zero-order chi connectivity index (χ0) is 16.3. The number of carboxylic acid groups (broad SMARTS) is 1. The molecule has 0 aliphatic carbocycles. The van der Waals surface area contributed by atoms with Gasteiger partial charge in [-0.3, -0.25) is 9.69 Å². The predicted molar refractivity (Wildman–Crippen MR) is 90.2 cm³/mol. The van der Waals surface area contributed by atoms with Crippen LogP contribution in [0.5, 0.6) is 5.75 Å². The first-order valence-corrected chi connectivity index (χ1v) is 8.23. The number of rotatable bonds is 5. The predicted octanol–water partition coefficient (Wildman–Crippen LogP) is 1.80. The van der Waals surface area contributed by atoms with Crippen LogP contribution in [0.2, 0.25) is 0 Å². The standard InChI is InChI=1S/C14H12BrNO4S2/c1-20-10-3-2-8(6-9(10)15)7-11-13(19)16(14(21)22-11)5-4-12(17)18/h2-3,6-7H,4-5H2,1H3,(H,17,18)/p-1/b11-7+. The summed E-state index contributed by atoms with van der Waals surface area (Å²) in [4.78, 5) is 24.5. The number of aliphatic carboxylic acids is 1. The Morgan fingerprint density at radius 1 is 1.55 bits per heavy atom. The Balaban J connectivity index is 2.19. The molecule has 1 aromatic rings. The lowest BCUT2D eigenvalue weighted by Crippen LogP contribution is -2.33. The molecule has 1 amide bonds. The zero-order valence-corrected chi connectivity index (χ0v) is 14.7. The van der Waals surface area contributed by atoms with Gasteiger partial charge in [0.2, 0.25) is 0 Å². The van der Waals surface area contributed by atoms with Crippen molar-refractivity contribution in [1.29, 1.82) is 0 Å². The summed E-state index contributed by atoms with van der Waals surface area (Å²) in [7, 11) is 1.57. The summed E-state index contributed by atoms with van der Waals surface area (Å²) in [6.45, 7) is 0.0245. The van der Waals surface area contributed by atoms with Crippen molar-refractivity contribution in [3.05, 3.63) is 33.1 Å².